The third-order valence-corrected chi connectivity index (χ3v) is 3.02. The molecule has 0 saturated carbocycles. The molecule has 0 aliphatic carbocycles. The first-order valence-electron chi connectivity index (χ1n) is 5.53. The highest BCUT2D eigenvalue weighted by Crippen LogP contribution is 2.18. The molecule has 1 aromatic heterocycles. The van der Waals surface area contributed by atoms with E-state index in [0.29, 0.717) is 11.0 Å². The van der Waals surface area contributed by atoms with Crippen LogP contribution in [0.15, 0.2) is 29.2 Å². The first-order chi connectivity index (χ1) is 8.54. The van der Waals surface area contributed by atoms with Gasteiger partial charge in [-0.15, -0.1) is 12.6 Å². The highest BCUT2D eigenvalue weighted by atomic mass is 35.5. The summed E-state index contributed by atoms with van der Waals surface area (Å²) in [7, 11) is 0. The van der Waals surface area contributed by atoms with Crippen LogP contribution in [0.4, 0.5) is 0 Å². The molecule has 0 spiro atoms. The van der Waals surface area contributed by atoms with Crippen LogP contribution in [-0.2, 0) is 0 Å². The number of hydrogen-bond donors (Lipinski definition) is 1. The van der Waals surface area contributed by atoms with Gasteiger partial charge in [-0.1, -0.05) is 29.8 Å². The van der Waals surface area contributed by atoms with Crippen molar-refractivity contribution in [3.63, 3.8) is 0 Å². The molecule has 2 nitrogen and oxygen atoms in total. The number of nitrogens with zero attached hydrogens (tertiary/aromatic N) is 2. The lowest BCUT2D eigenvalue weighted by Crippen LogP contribution is -1.90. The minimum Gasteiger partial charge on any atom is -0.234 e. The normalized spacial score (nSPS) is 11.1. The monoisotopic (exact) mass is 276 g/mol. The summed E-state index contributed by atoms with van der Waals surface area (Å²) in [6.07, 6.45) is 3.77. The van der Waals surface area contributed by atoms with Crippen molar-refractivity contribution in [2.24, 2.45) is 0 Å². The molecule has 0 fully saturated rings. The summed E-state index contributed by atoms with van der Waals surface area (Å²) in [5, 5.41) is 0.456. The van der Waals surface area contributed by atoms with Gasteiger partial charge < -0.3 is 0 Å². The molecule has 92 valence electrons. The summed E-state index contributed by atoms with van der Waals surface area (Å²) in [5.41, 5.74) is 3.07. The zero-order valence-corrected chi connectivity index (χ0v) is 11.8. The fraction of sp³-hybridized carbons (Fsp3) is 0.143. The number of halogens is 1. The van der Waals surface area contributed by atoms with E-state index in [4.69, 9.17) is 11.6 Å². The van der Waals surface area contributed by atoms with Crippen LogP contribution < -0.4 is 0 Å². The van der Waals surface area contributed by atoms with Gasteiger partial charge in [-0.05, 0) is 43.2 Å². The van der Waals surface area contributed by atoms with Gasteiger partial charge in [0.1, 0.15) is 5.15 Å². The number of thiol groups is 1. The van der Waals surface area contributed by atoms with Gasteiger partial charge in [0.05, 0.1) is 0 Å². The third-order valence-electron chi connectivity index (χ3n) is 2.44. The number of aromatic nitrogens is 2. The van der Waals surface area contributed by atoms with Crippen molar-refractivity contribution in [2.75, 3.05) is 0 Å². The van der Waals surface area contributed by atoms with Crippen LogP contribution >= 0.6 is 24.2 Å². The van der Waals surface area contributed by atoms with E-state index in [1.807, 2.05) is 44.2 Å². The fourth-order valence-corrected chi connectivity index (χ4v) is 2.18. The average molecular weight is 277 g/mol. The Labute approximate surface area is 117 Å². The topological polar surface area (TPSA) is 25.8 Å². The molecule has 18 heavy (non-hydrogen) atoms. The molecule has 0 bridgehead atoms. The van der Waals surface area contributed by atoms with E-state index in [1.54, 1.807) is 6.07 Å². The molecule has 0 unspecified atom stereocenters. The van der Waals surface area contributed by atoms with E-state index in [-0.39, 0.29) is 0 Å². The van der Waals surface area contributed by atoms with Crippen LogP contribution in [0.25, 0.3) is 12.2 Å². The quantitative estimate of drug-likeness (QED) is 0.657. The van der Waals surface area contributed by atoms with Gasteiger partial charge in [0.15, 0.2) is 5.82 Å². The summed E-state index contributed by atoms with van der Waals surface area (Å²) in [4.78, 5) is 9.36. The van der Waals surface area contributed by atoms with Crippen molar-refractivity contribution in [1.82, 2.24) is 9.97 Å². The lowest BCUT2D eigenvalue weighted by molar-refractivity contribution is 1.08. The molecule has 4 heteroatoms. The Morgan fingerprint density at radius 1 is 1.11 bits per heavy atom. The maximum Gasteiger partial charge on any atom is 0.153 e. The highest BCUT2D eigenvalue weighted by molar-refractivity contribution is 7.80. The first-order valence-corrected chi connectivity index (χ1v) is 6.36. The van der Waals surface area contributed by atoms with E-state index in [2.05, 4.69) is 22.6 Å². The predicted molar refractivity (Wildman–Crippen MR) is 79.1 cm³/mol. The Morgan fingerprint density at radius 2 is 1.89 bits per heavy atom. The molecule has 0 radical (unpaired) electrons. The molecule has 1 aromatic carbocycles. The Morgan fingerprint density at radius 3 is 2.56 bits per heavy atom. The molecule has 0 aliphatic rings. The van der Waals surface area contributed by atoms with Crippen LogP contribution in [-0.4, -0.2) is 9.97 Å². The van der Waals surface area contributed by atoms with E-state index in [1.165, 1.54) is 5.56 Å². The Balaban J connectivity index is 2.29. The van der Waals surface area contributed by atoms with Gasteiger partial charge in [0.2, 0.25) is 0 Å². The molecule has 0 saturated heterocycles. The van der Waals surface area contributed by atoms with Crippen LogP contribution in [0.2, 0.25) is 5.15 Å². The number of rotatable bonds is 2. The zero-order valence-electron chi connectivity index (χ0n) is 10.2. The summed E-state index contributed by atoms with van der Waals surface area (Å²) >= 11 is 10.3. The molecule has 0 aliphatic heterocycles. The second-order valence-corrected chi connectivity index (χ2v) is 4.95. The van der Waals surface area contributed by atoms with Crippen LogP contribution in [0.5, 0.6) is 0 Å². The number of hydrogen-bond acceptors (Lipinski definition) is 3. The molecule has 2 rings (SSSR count). The molecule has 1 heterocycles. The first kappa shape index (κ1) is 13.1. The smallest absolute Gasteiger partial charge is 0.153 e. The van der Waals surface area contributed by atoms with E-state index >= 15 is 0 Å². The minimum absolute atomic E-state index is 0.456. The average Bonchev–Trinajstić information content (AvgIpc) is 2.26. The SMILES string of the molecule is Cc1ccc(C=Cc2nc(C)cc(Cl)n2)c(S)c1. The van der Waals surface area contributed by atoms with Crippen LogP contribution in [0, 0.1) is 13.8 Å². The fourth-order valence-electron chi connectivity index (χ4n) is 1.59. The number of aryl methyl sites for hydroxylation is 2. The van der Waals surface area contributed by atoms with Crippen molar-refractivity contribution in [3.8, 4) is 0 Å². The van der Waals surface area contributed by atoms with Gasteiger partial charge in [0, 0.05) is 10.6 Å². The summed E-state index contributed by atoms with van der Waals surface area (Å²) in [6.45, 7) is 3.93. The Kier molecular flexibility index (Phi) is 4.04. The lowest BCUT2D eigenvalue weighted by atomic mass is 10.1. The maximum absolute atomic E-state index is 5.88. The van der Waals surface area contributed by atoms with Crippen molar-refractivity contribution >= 4 is 36.4 Å². The third kappa shape index (κ3) is 3.34. The molecule has 2 aromatic rings. The van der Waals surface area contributed by atoms with Gasteiger partial charge in [0.25, 0.3) is 0 Å². The minimum atomic E-state index is 0.456. The Hall–Kier alpha value is -1.32. The predicted octanol–water partition coefficient (Wildman–Crippen LogP) is 4.21. The van der Waals surface area contributed by atoms with E-state index in [0.717, 1.165) is 16.2 Å². The summed E-state index contributed by atoms with van der Waals surface area (Å²) < 4.78 is 0. The lowest BCUT2D eigenvalue weighted by Gasteiger charge is -2.01. The Bertz CT molecular complexity index is 588. The molecule has 0 amide bonds. The highest BCUT2D eigenvalue weighted by Gasteiger charge is 1.98. The van der Waals surface area contributed by atoms with Gasteiger partial charge in [-0.2, -0.15) is 0 Å². The van der Waals surface area contributed by atoms with Crippen LogP contribution in [0.3, 0.4) is 0 Å². The number of benzene rings is 1. The van der Waals surface area contributed by atoms with Crippen molar-refractivity contribution in [3.05, 3.63) is 52.1 Å². The maximum atomic E-state index is 5.88. The van der Waals surface area contributed by atoms with E-state index < -0.39 is 0 Å². The van der Waals surface area contributed by atoms with Crippen molar-refractivity contribution in [2.45, 2.75) is 18.7 Å². The van der Waals surface area contributed by atoms with E-state index in [9.17, 15) is 0 Å². The van der Waals surface area contributed by atoms with Gasteiger partial charge >= 0.3 is 0 Å². The summed E-state index contributed by atoms with van der Waals surface area (Å²) in [5.74, 6) is 0.605. The second kappa shape index (κ2) is 5.55. The molecule has 0 N–H and O–H groups in total. The largest absolute Gasteiger partial charge is 0.234 e. The summed E-state index contributed by atoms with van der Waals surface area (Å²) in [6, 6.07) is 7.82. The standard InChI is InChI=1S/C14H13ClN2S/c1-9-3-4-11(12(18)7-9)5-6-14-16-10(2)8-13(15)17-14/h3-8,18H,1-2H3. The van der Waals surface area contributed by atoms with Gasteiger partial charge in [-0.25, -0.2) is 9.97 Å². The molecule has 0 atom stereocenters. The van der Waals surface area contributed by atoms with Crippen LogP contribution in [0.1, 0.15) is 22.6 Å². The van der Waals surface area contributed by atoms with Crippen molar-refractivity contribution in [1.29, 1.82) is 0 Å². The molecular weight excluding hydrogens is 264 g/mol. The zero-order chi connectivity index (χ0) is 13.1. The van der Waals surface area contributed by atoms with Crippen molar-refractivity contribution < 1.29 is 0 Å². The second-order valence-electron chi connectivity index (χ2n) is 4.09. The van der Waals surface area contributed by atoms with Gasteiger partial charge in [-0.3, -0.25) is 0 Å². The molecular formula is C14H13ClN2S.